The lowest BCUT2D eigenvalue weighted by Gasteiger charge is -1.91. The molecule has 0 saturated carbocycles. The average Bonchev–Trinajstić information content (AvgIpc) is 2.37. The molecule has 1 aromatic heterocycles. The lowest BCUT2D eigenvalue weighted by Crippen LogP contribution is -2.10. The van der Waals surface area contributed by atoms with Crippen molar-refractivity contribution in [2.24, 2.45) is 4.99 Å². The zero-order valence-corrected chi connectivity index (χ0v) is 11.2. The SMILES string of the molecule is C=CCN=c1sc(SC)c(C)c(=O)nc1C. The van der Waals surface area contributed by atoms with Gasteiger partial charge < -0.3 is 0 Å². The Kier molecular flexibility index (Phi) is 4.89. The maximum absolute atomic E-state index is 11.7. The first kappa shape index (κ1) is 13.1. The molecule has 0 spiro atoms. The molecule has 0 saturated heterocycles. The quantitative estimate of drug-likeness (QED) is 0.611. The molecule has 0 radical (unpaired) electrons. The van der Waals surface area contributed by atoms with Gasteiger partial charge in [-0.3, -0.25) is 9.79 Å². The van der Waals surface area contributed by atoms with Gasteiger partial charge in [0.15, 0.2) is 0 Å². The second-order valence-electron chi connectivity index (χ2n) is 3.16. The summed E-state index contributed by atoms with van der Waals surface area (Å²) in [5, 5.41) is 0. The number of aromatic nitrogens is 1. The van der Waals surface area contributed by atoms with E-state index in [4.69, 9.17) is 0 Å². The molecule has 86 valence electrons. The molecule has 5 heteroatoms. The van der Waals surface area contributed by atoms with E-state index in [9.17, 15) is 4.79 Å². The van der Waals surface area contributed by atoms with Gasteiger partial charge in [0.1, 0.15) is 4.67 Å². The molecule has 0 aromatic carbocycles. The molecule has 0 unspecified atom stereocenters. The fraction of sp³-hybridized carbons (Fsp3) is 0.364. The summed E-state index contributed by atoms with van der Waals surface area (Å²) in [4.78, 5) is 20.0. The van der Waals surface area contributed by atoms with Crippen LogP contribution in [0.25, 0.3) is 0 Å². The van der Waals surface area contributed by atoms with Crippen LogP contribution < -0.4 is 10.2 Å². The fourth-order valence-electron chi connectivity index (χ4n) is 1.10. The van der Waals surface area contributed by atoms with E-state index in [1.54, 1.807) is 24.8 Å². The highest BCUT2D eigenvalue weighted by Crippen LogP contribution is 2.18. The van der Waals surface area contributed by atoms with Crippen LogP contribution in [0, 0.1) is 13.8 Å². The predicted octanol–water partition coefficient (Wildman–Crippen LogP) is 1.93. The molecule has 1 heterocycles. The lowest BCUT2D eigenvalue weighted by molar-refractivity contribution is 1.08. The molecular weight excluding hydrogens is 240 g/mol. The van der Waals surface area contributed by atoms with Crippen LogP contribution in [0.1, 0.15) is 11.3 Å². The summed E-state index contributed by atoms with van der Waals surface area (Å²) < 4.78 is 1.77. The van der Waals surface area contributed by atoms with Gasteiger partial charge in [0, 0.05) is 5.56 Å². The van der Waals surface area contributed by atoms with Crippen molar-refractivity contribution in [1.29, 1.82) is 0 Å². The summed E-state index contributed by atoms with van der Waals surface area (Å²) in [7, 11) is 0. The van der Waals surface area contributed by atoms with E-state index >= 15 is 0 Å². The van der Waals surface area contributed by atoms with Crippen molar-refractivity contribution < 1.29 is 0 Å². The highest BCUT2D eigenvalue weighted by atomic mass is 32.2. The Morgan fingerprint density at radius 1 is 1.56 bits per heavy atom. The van der Waals surface area contributed by atoms with Gasteiger partial charge in [0.2, 0.25) is 0 Å². The number of nitrogens with zero attached hydrogens (tertiary/aromatic N) is 2. The summed E-state index contributed by atoms with van der Waals surface area (Å²) in [5.74, 6) is 0. The zero-order valence-electron chi connectivity index (χ0n) is 9.61. The monoisotopic (exact) mass is 254 g/mol. The lowest BCUT2D eigenvalue weighted by atomic mass is 10.4. The Labute approximate surface area is 103 Å². The Bertz CT molecular complexity index is 520. The topological polar surface area (TPSA) is 42.3 Å². The second-order valence-corrected chi connectivity index (χ2v) is 5.23. The molecule has 0 amide bonds. The molecule has 0 aliphatic rings. The van der Waals surface area contributed by atoms with Crippen molar-refractivity contribution >= 4 is 23.1 Å². The molecule has 16 heavy (non-hydrogen) atoms. The highest BCUT2D eigenvalue weighted by molar-refractivity contribution is 8.00. The van der Waals surface area contributed by atoms with Gasteiger partial charge in [-0.05, 0) is 20.1 Å². The standard InChI is InChI=1S/C11H14N2OS2/c1-5-6-12-10-8(3)13-9(14)7(2)11(15-4)16-10/h5H,1,6H2,2-4H3. The molecule has 1 rings (SSSR count). The summed E-state index contributed by atoms with van der Waals surface area (Å²) in [5.41, 5.74) is 1.21. The first-order chi connectivity index (χ1) is 7.60. The normalized spacial score (nSPS) is 11.6. The largest absolute Gasteiger partial charge is 0.274 e. The smallest absolute Gasteiger partial charge is 0.269 e. The summed E-state index contributed by atoms with van der Waals surface area (Å²) >= 11 is 3.06. The number of hydrogen-bond donors (Lipinski definition) is 0. The van der Waals surface area contributed by atoms with Crippen LogP contribution in [0.2, 0.25) is 0 Å². The molecule has 0 aliphatic carbocycles. The maximum atomic E-state index is 11.7. The Balaban J connectivity index is 3.60. The van der Waals surface area contributed by atoms with E-state index in [0.717, 1.165) is 8.88 Å². The minimum atomic E-state index is -0.168. The average molecular weight is 254 g/mol. The third-order valence-electron chi connectivity index (χ3n) is 1.94. The molecule has 3 nitrogen and oxygen atoms in total. The third kappa shape index (κ3) is 3.02. The number of aryl methyl sites for hydroxylation is 1. The predicted molar refractivity (Wildman–Crippen MR) is 70.3 cm³/mol. The fourth-order valence-corrected chi connectivity index (χ4v) is 2.81. The summed E-state index contributed by atoms with van der Waals surface area (Å²) in [6.45, 7) is 7.78. The van der Waals surface area contributed by atoms with Crippen LogP contribution in [0.3, 0.4) is 0 Å². The van der Waals surface area contributed by atoms with Crippen LogP contribution in [0.5, 0.6) is 0 Å². The molecule has 0 atom stereocenters. The van der Waals surface area contributed by atoms with Crippen LogP contribution in [0.15, 0.2) is 26.7 Å². The van der Waals surface area contributed by atoms with Gasteiger partial charge in [-0.25, -0.2) is 4.98 Å². The second kappa shape index (κ2) is 5.96. The van der Waals surface area contributed by atoms with Gasteiger partial charge in [0.05, 0.1) is 16.4 Å². The number of rotatable bonds is 3. The minimum absolute atomic E-state index is 0.168. The van der Waals surface area contributed by atoms with Crippen molar-refractivity contribution in [2.75, 3.05) is 12.8 Å². The van der Waals surface area contributed by atoms with E-state index in [-0.39, 0.29) is 5.56 Å². The van der Waals surface area contributed by atoms with Gasteiger partial charge >= 0.3 is 0 Å². The van der Waals surface area contributed by atoms with Crippen molar-refractivity contribution in [2.45, 2.75) is 18.1 Å². The first-order valence-electron chi connectivity index (χ1n) is 4.78. The van der Waals surface area contributed by atoms with Gasteiger partial charge in [-0.15, -0.1) is 29.7 Å². The third-order valence-corrected chi connectivity index (χ3v) is 4.48. The maximum Gasteiger partial charge on any atom is 0.274 e. The van der Waals surface area contributed by atoms with Crippen LogP contribution in [-0.4, -0.2) is 17.8 Å². The van der Waals surface area contributed by atoms with Crippen molar-refractivity contribution in [3.8, 4) is 0 Å². The van der Waals surface area contributed by atoms with Crippen molar-refractivity contribution in [1.82, 2.24) is 4.98 Å². The summed E-state index contributed by atoms with van der Waals surface area (Å²) in [6.07, 6.45) is 3.67. The van der Waals surface area contributed by atoms with Gasteiger partial charge in [0.25, 0.3) is 5.56 Å². The number of hydrogen-bond acceptors (Lipinski definition) is 5. The molecule has 0 bridgehead atoms. The van der Waals surface area contributed by atoms with Crippen LogP contribution in [-0.2, 0) is 0 Å². The molecule has 0 aliphatic heterocycles. The Morgan fingerprint density at radius 3 is 2.81 bits per heavy atom. The number of thioether (sulfide) groups is 1. The highest BCUT2D eigenvalue weighted by Gasteiger charge is 2.03. The molecule has 0 N–H and O–H groups in total. The van der Waals surface area contributed by atoms with E-state index in [2.05, 4.69) is 16.6 Å². The Hall–Kier alpha value is -0.940. The van der Waals surface area contributed by atoms with E-state index in [1.807, 2.05) is 13.2 Å². The minimum Gasteiger partial charge on any atom is -0.269 e. The molecule has 0 fully saturated rings. The van der Waals surface area contributed by atoms with Gasteiger partial charge in [-0.1, -0.05) is 6.08 Å². The van der Waals surface area contributed by atoms with Crippen molar-refractivity contribution in [3.05, 3.63) is 38.9 Å². The summed E-state index contributed by atoms with van der Waals surface area (Å²) in [6, 6.07) is 0. The van der Waals surface area contributed by atoms with E-state index in [0.29, 0.717) is 17.8 Å². The van der Waals surface area contributed by atoms with E-state index in [1.165, 1.54) is 11.3 Å². The molecular formula is C11H14N2OS2. The first-order valence-corrected chi connectivity index (χ1v) is 6.82. The van der Waals surface area contributed by atoms with Crippen LogP contribution in [0.4, 0.5) is 0 Å². The van der Waals surface area contributed by atoms with Crippen LogP contribution >= 0.6 is 23.1 Å². The Morgan fingerprint density at radius 2 is 2.25 bits per heavy atom. The van der Waals surface area contributed by atoms with Crippen molar-refractivity contribution in [3.63, 3.8) is 0 Å². The zero-order chi connectivity index (χ0) is 12.1. The van der Waals surface area contributed by atoms with Gasteiger partial charge in [-0.2, -0.15) is 0 Å². The molecule has 1 aromatic rings. The van der Waals surface area contributed by atoms with E-state index < -0.39 is 0 Å².